The van der Waals surface area contributed by atoms with E-state index >= 15 is 0 Å². The van der Waals surface area contributed by atoms with Gasteiger partial charge in [-0.05, 0) is 6.92 Å². The molecule has 0 aliphatic carbocycles. The lowest BCUT2D eigenvalue weighted by molar-refractivity contribution is 0.718. The Balaban J connectivity index is -0.0000000301. The molecular formula is C10H29N5. The second kappa shape index (κ2) is 51.9. The molecule has 0 fully saturated rings. The van der Waals surface area contributed by atoms with Gasteiger partial charge in [0.25, 0.3) is 0 Å². The van der Waals surface area contributed by atoms with E-state index in [1.807, 2.05) is 0 Å². The molecule has 0 amide bonds. The largest absolute Gasteiger partial charge is 0.328 e. The fourth-order valence-electron chi connectivity index (χ4n) is 0. The summed E-state index contributed by atoms with van der Waals surface area (Å²) >= 11 is 0. The first-order valence-electron chi connectivity index (χ1n) is 4.23. The summed E-state index contributed by atoms with van der Waals surface area (Å²) in [4.78, 5) is 0. The Morgan fingerprint density at radius 2 is 0.867 bits per heavy atom. The normalized spacial score (nSPS) is 6.40. The zero-order valence-electron chi connectivity index (χ0n) is 9.99. The second-order valence-corrected chi connectivity index (χ2v) is 1.76. The summed E-state index contributed by atoms with van der Waals surface area (Å²) in [6, 6.07) is 0. The van der Waals surface area contributed by atoms with Crippen LogP contribution in [0, 0.1) is 0 Å². The Labute approximate surface area is 94.7 Å². The number of hydrogen-bond donors (Lipinski definition) is 5. The van der Waals surface area contributed by atoms with Crippen LogP contribution in [0.1, 0.15) is 6.92 Å². The van der Waals surface area contributed by atoms with Crippen LogP contribution in [0.2, 0.25) is 0 Å². The predicted octanol–water partition coefficient (Wildman–Crippen LogP) is -0.155. The summed E-state index contributed by atoms with van der Waals surface area (Å²) in [5, 5.41) is 0. The molecule has 0 aromatic carbocycles. The van der Waals surface area contributed by atoms with Crippen LogP contribution in [-0.2, 0) is 0 Å². The van der Waals surface area contributed by atoms with E-state index in [1.54, 1.807) is 6.92 Å². The quantitative estimate of drug-likeness (QED) is 0.309. The van der Waals surface area contributed by atoms with Crippen LogP contribution in [0.3, 0.4) is 0 Å². The molecule has 0 saturated carbocycles. The Morgan fingerprint density at radius 1 is 0.800 bits per heavy atom. The SMILES string of the molecule is C=C.C=C.C=C.CC(N)N.NCC(N)N. The Morgan fingerprint density at radius 3 is 0.867 bits per heavy atom. The highest BCUT2D eigenvalue weighted by molar-refractivity contribution is 4.45. The summed E-state index contributed by atoms with van der Waals surface area (Å²) in [5.41, 5.74) is 24.6. The molecule has 5 heteroatoms. The van der Waals surface area contributed by atoms with Gasteiger partial charge in [-0.1, -0.05) is 0 Å². The summed E-state index contributed by atoms with van der Waals surface area (Å²) in [7, 11) is 0. The van der Waals surface area contributed by atoms with Crippen molar-refractivity contribution in [3.05, 3.63) is 39.5 Å². The van der Waals surface area contributed by atoms with Gasteiger partial charge in [-0.3, -0.25) is 0 Å². The van der Waals surface area contributed by atoms with E-state index in [0.29, 0.717) is 6.54 Å². The van der Waals surface area contributed by atoms with Crippen molar-refractivity contribution in [2.75, 3.05) is 6.54 Å². The summed E-state index contributed by atoms with van der Waals surface area (Å²) in [5.74, 6) is 0. The van der Waals surface area contributed by atoms with Crippen molar-refractivity contribution in [3.8, 4) is 0 Å². The van der Waals surface area contributed by atoms with Crippen LogP contribution in [0.25, 0.3) is 0 Å². The molecule has 0 aromatic rings. The van der Waals surface area contributed by atoms with Gasteiger partial charge in [0.2, 0.25) is 0 Å². The molecule has 0 radical (unpaired) electrons. The molecule has 10 N–H and O–H groups in total. The van der Waals surface area contributed by atoms with Crippen molar-refractivity contribution >= 4 is 0 Å². The molecule has 0 atom stereocenters. The van der Waals surface area contributed by atoms with Gasteiger partial charge in [-0.15, -0.1) is 39.5 Å². The summed E-state index contributed by atoms with van der Waals surface area (Å²) in [6.07, 6.45) is -0.505. The molecule has 0 aliphatic rings. The molecule has 15 heavy (non-hydrogen) atoms. The number of rotatable bonds is 1. The maximum absolute atomic E-state index is 4.94. The third-order valence-electron chi connectivity index (χ3n) is 0.272. The first-order valence-corrected chi connectivity index (χ1v) is 4.23. The molecule has 94 valence electrons. The van der Waals surface area contributed by atoms with Crippen molar-refractivity contribution in [2.24, 2.45) is 28.7 Å². The van der Waals surface area contributed by atoms with Crippen molar-refractivity contribution in [3.63, 3.8) is 0 Å². The molecule has 0 unspecified atom stereocenters. The van der Waals surface area contributed by atoms with E-state index in [4.69, 9.17) is 28.7 Å². The van der Waals surface area contributed by atoms with Gasteiger partial charge in [-0.2, -0.15) is 0 Å². The van der Waals surface area contributed by atoms with Gasteiger partial charge in [-0.25, -0.2) is 0 Å². The molecule has 5 nitrogen and oxygen atoms in total. The van der Waals surface area contributed by atoms with Crippen LogP contribution in [0.15, 0.2) is 39.5 Å². The van der Waals surface area contributed by atoms with Gasteiger partial charge in [0.15, 0.2) is 0 Å². The summed E-state index contributed by atoms with van der Waals surface area (Å²) in [6.45, 7) is 20.1. The van der Waals surface area contributed by atoms with Crippen LogP contribution < -0.4 is 28.7 Å². The van der Waals surface area contributed by atoms with Crippen LogP contribution in [0.4, 0.5) is 0 Å². The topological polar surface area (TPSA) is 130 Å². The van der Waals surface area contributed by atoms with Gasteiger partial charge < -0.3 is 28.7 Å². The fraction of sp³-hybridized carbons (Fsp3) is 0.400. The van der Waals surface area contributed by atoms with Crippen molar-refractivity contribution in [1.82, 2.24) is 0 Å². The minimum atomic E-state index is -0.338. The lowest BCUT2D eigenvalue weighted by Crippen LogP contribution is -2.37. The third kappa shape index (κ3) is 1520. The monoisotopic (exact) mass is 219 g/mol. The molecule has 0 saturated heterocycles. The minimum absolute atomic E-state index is 0.167. The molecule has 0 aliphatic heterocycles. The van der Waals surface area contributed by atoms with Crippen LogP contribution in [-0.4, -0.2) is 18.9 Å². The molecular weight excluding hydrogens is 190 g/mol. The third-order valence-corrected chi connectivity index (χ3v) is 0.272. The maximum atomic E-state index is 4.94. The van der Waals surface area contributed by atoms with Crippen molar-refractivity contribution in [2.45, 2.75) is 19.3 Å². The Hall–Kier alpha value is -0.980. The highest BCUT2D eigenvalue weighted by Crippen LogP contribution is 1.43. The number of hydrogen-bond acceptors (Lipinski definition) is 5. The molecule has 0 spiro atoms. The Kier molecular flexibility index (Phi) is 101. The average molecular weight is 219 g/mol. The van der Waals surface area contributed by atoms with E-state index in [9.17, 15) is 0 Å². The maximum Gasteiger partial charge on any atom is 0.0647 e. The lowest BCUT2D eigenvalue weighted by atomic mass is 10.6. The van der Waals surface area contributed by atoms with E-state index in [0.717, 1.165) is 0 Å². The predicted molar refractivity (Wildman–Crippen MR) is 72.8 cm³/mol. The highest BCUT2D eigenvalue weighted by Gasteiger charge is 1.79. The molecule has 0 heterocycles. The lowest BCUT2D eigenvalue weighted by Gasteiger charge is -1.93. The first kappa shape index (κ1) is 29.2. The summed E-state index contributed by atoms with van der Waals surface area (Å²) < 4.78 is 0. The van der Waals surface area contributed by atoms with Crippen molar-refractivity contribution < 1.29 is 0 Å². The zero-order valence-corrected chi connectivity index (χ0v) is 9.99. The van der Waals surface area contributed by atoms with Crippen LogP contribution in [0.5, 0.6) is 0 Å². The zero-order chi connectivity index (χ0) is 13.9. The van der Waals surface area contributed by atoms with Gasteiger partial charge in [0.1, 0.15) is 0 Å². The van der Waals surface area contributed by atoms with E-state index in [2.05, 4.69) is 39.5 Å². The van der Waals surface area contributed by atoms with E-state index in [1.165, 1.54) is 0 Å². The molecule has 0 rings (SSSR count). The Bertz CT molecular complexity index is 68.7. The minimum Gasteiger partial charge on any atom is -0.328 e. The second-order valence-electron chi connectivity index (χ2n) is 1.76. The van der Waals surface area contributed by atoms with Gasteiger partial charge >= 0.3 is 0 Å². The van der Waals surface area contributed by atoms with Crippen molar-refractivity contribution in [1.29, 1.82) is 0 Å². The molecule has 0 aromatic heterocycles. The smallest absolute Gasteiger partial charge is 0.0647 e. The average Bonchev–Trinajstić information content (AvgIpc) is 2.26. The number of nitrogens with two attached hydrogens (primary N) is 5. The van der Waals surface area contributed by atoms with Crippen LogP contribution >= 0.6 is 0 Å². The fourth-order valence-corrected chi connectivity index (χ4v) is 0. The standard InChI is InChI=1S/C2H9N3.C2H8N2.3C2H4/c3-1-2(4)5;1-2(3)4;3*1-2/h2H,1,3-5H2;2H,3-4H2,1H3;3*1-2H2. The molecule has 0 bridgehead atoms. The van der Waals surface area contributed by atoms with Gasteiger partial charge in [0.05, 0.1) is 6.17 Å². The van der Waals surface area contributed by atoms with E-state index < -0.39 is 0 Å². The van der Waals surface area contributed by atoms with Gasteiger partial charge in [0, 0.05) is 12.7 Å². The first-order chi connectivity index (χ1) is 7.00. The van der Waals surface area contributed by atoms with E-state index in [-0.39, 0.29) is 12.3 Å². The highest BCUT2D eigenvalue weighted by atomic mass is 14.9.